The summed E-state index contributed by atoms with van der Waals surface area (Å²) in [5, 5.41) is 0. The lowest BCUT2D eigenvalue weighted by Crippen LogP contribution is -2.27. The number of alkyl halides is 1. The lowest BCUT2D eigenvalue weighted by Gasteiger charge is -2.13. The van der Waals surface area contributed by atoms with Crippen LogP contribution in [0.25, 0.3) is 4.85 Å². The summed E-state index contributed by atoms with van der Waals surface area (Å²) in [5.74, 6) is -0.0622. The molecule has 0 atom stereocenters. The summed E-state index contributed by atoms with van der Waals surface area (Å²) in [4.78, 5) is 14.1. The number of nitrogens with zero attached hydrogens (tertiary/aromatic N) is 1. The van der Waals surface area contributed by atoms with Crippen LogP contribution < -0.4 is 0 Å². The highest BCUT2D eigenvalue weighted by atomic mass is 35.5. The maximum absolute atomic E-state index is 10.9. The third kappa shape index (κ3) is 2.36. The van der Waals surface area contributed by atoms with Crippen LogP contribution in [0.3, 0.4) is 0 Å². The van der Waals surface area contributed by atoms with Crippen LogP contribution in [0.15, 0.2) is 0 Å². The second-order valence-electron chi connectivity index (χ2n) is 2.76. The fraction of sp³-hybridized carbons (Fsp3) is 0.714. The van der Waals surface area contributed by atoms with E-state index in [4.69, 9.17) is 18.2 Å². The van der Waals surface area contributed by atoms with Crippen molar-refractivity contribution in [3.8, 4) is 0 Å². The molecule has 10 heavy (non-hydrogen) atoms. The van der Waals surface area contributed by atoms with E-state index in [1.54, 1.807) is 13.8 Å². The van der Waals surface area contributed by atoms with Gasteiger partial charge in [0, 0.05) is 0 Å². The minimum atomic E-state index is -0.566. The van der Waals surface area contributed by atoms with Crippen molar-refractivity contribution in [3.05, 3.63) is 11.4 Å². The van der Waals surface area contributed by atoms with Crippen molar-refractivity contribution in [1.29, 1.82) is 0 Å². The fourth-order valence-electron chi connectivity index (χ4n) is 0.467. The summed E-state index contributed by atoms with van der Waals surface area (Å²) < 4.78 is 0. The Balaban J connectivity index is 4.13. The molecule has 0 aliphatic rings. The Morgan fingerprint density at radius 2 is 2.20 bits per heavy atom. The molecule has 0 unspecified atom stereocenters. The Bertz CT molecular complexity index is 169. The average Bonchev–Trinajstić information content (AvgIpc) is 1.86. The summed E-state index contributed by atoms with van der Waals surface area (Å²) >= 11 is 5.32. The summed E-state index contributed by atoms with van der Waals surface area (Å²) in [6.45, 7) is 10.2. The minimum Gasteiger partial charge on any atom is -0.316 e. The van der Waals surface area contributed by atoms with E-state index < -0.39 is 5.41 Å². The SMILES string of the molecule is [C-]#[N+]CC(C)(C)C(=O)CCl. The number of hydrogen-bond donors (Lipinski definition) is 0. The lowest BCUT2D eigenvalue weighted by atomic mass is 9.89. The number of carbonyl (C=O) groups is 1. The zero-order valence-electron chi connectivity index (χ0n) is 6.15. The summed E-state index contributed by atoms with van der Waals surface area (Å²) in [5.41, 5.74) is -0.566. The Hall–Kier alpha value is -0.550. The second-order valence-corrected chi connectivity index (χ2v) is 3.02. The maximum atomic E-state index is 10.9. The highest BCUT2D eigenvalue weighted by Crippen LogP contribution is 2.17. The molecule has 0 heterocycles. The van der Waals surface area contributed by atoms with Crippen molar-refractivity contribution in [2.75, 3.05) is 12.4 Å². The standard InChI is InChI=1S/C7H10ClNO/c1-7(2,5-9-3)6(10)4-8/h4-5H2,1-2H3. The number of carbonyl (C=O) groups excluding carboxylic acids is 1. The van der Waals surface area contributed by atoms with Gasteiger partial charge in [-0.05, 0) is 13.8 Å². The molecule has 0 aliphatic heterocycles. The zero-order valence-corrected chi connectivity index (χ0v) is 6.90. The maximum Gasteiger partial charge on any atom is 0.226 e. The molecule has 2 nitrogen and oxygen atoms in total. The predicted molar refractivity (Wildman–Crippen MR) is 41.0 cm³/mol. The predicted octanol–water partition coefficient (Wildman–Crippen LogP) is 1.74. The molecular weight excluding hydrogens is 150 g/mol. The molecule has 0 saturated heterocycles. The molecule has 0 radical (unpaired) electrons. The Labute approximate surface area is 66.0 Å². The summed E-state index contributed by atoms with van der Waals surface area (Å²) in [6, 6.07) is 0. The Morgan fingerprint density at radius 3 is 2.50 bits per heavy atom. The van der Waals surface area contributed by atoms with Crippen molar-refractivity contribution in [2.24, 2.45) is 5.41 Å². The molecule has 0 aromatic rings. The smallest absolute Gasteiger partial charge is 0.226 e. The van der Waals surface area contributed by atoms with Crippen LogP contribution in [0.5, 0.6) is 0 Å². The number of ketones is 1. The first kappa shape index (κ1) is 9.45. The van der Waals surface area contributed by atoms with Crippen LogP contribution in [-0.4, -0.2) is 18.2 Å². The first-order chi connectivity index (χ1) is 4.54. The zero-order chi connectivity index (χ0) is 8.20. The quantitative estimate of drug-likeness (QED) is 0.454. The van der Waals surface area contributed by atoms with E-state index in [9.17, 15) is 4.79 Å². The van der Waals surface area contributed by atoms with Gasteiger partial charge in [-0.1, -0.05) is 0 Å². The molecule has 3 heteroatoms. The van der Waals surface area contributed by atoms with Crippen molar-refractivity contribution < 1.29 is 4.79 Å². The Kier molecular flexibility index (Phi) is 3.38. The van der Waals surface area contributed by atoms with Crippen LogP contribution in [0.4, 0.5) is 0 Å². The van der Waals surface area contributed by atoms with E-state index in [1.165, 1.54) is 0 Å². The fourth-order valence-corrected chi connectivity index (χ4v) is 0.828. The van der Waals surface area contributed by atoms with Gasteiger partial charge in [-0.3, -0.25) is 4.79 Å². The van der Waals surface area contributed by atoms with Gasteiger partial charge in [0.2, 0.25) is 6.54 Å². The van der Waals surface area contributed by atoms with E-state index in [0.29, 0.717) is 0 Å². The largest absolute Gasteiger partial charge is 0.316 e. The molecule has 0 N–H and O–H groups in total. The Morgan fingerprint density at radius 1 is 1.70 bits per heavy atom. The number of rotatable bonds is 3. The average molecular weight is 160 g/mol. The molecule has 56 valence electrons. The molecular formula is C7H10ClNO. The molecule has 0 fully saturated rings. The minimum absolute atomic E-state index is 0.00250. The number of Topliss-reactive ketones (excluding diaryl/α,β-unsaturated/α-hetero) is 1. The van der Waals surface area contributed by atoms with Gasteiger partial charge >= 0.3 is 0 Å². The topological polar surface area (TPSA) is 21.4 Å². The van der Waals surface area contributed by atoms with Crippen LogP contribution in [0, 0.1) is 12.0 Å². The first-order valence-electron chi connectivity index (χ1n) is 2.97. The highest BCUT2D eigenvalue weighted by Gasteiger charge is 2.29. The first-order valence-corrected chi connectivity index (χ1v) is 3.50. The van der Waals surface area contributed by atoms with Gasteiger partial charge < -0.3 is 4.85 Å². The van der Waals surface area contributed by atoms with Gasteiger partial charge in [0.1, 0.15) is 0 Å². The van der Waals surface area contributed by atoms with Crippen molar-refractivity contribution >= 4 is 17.4 Å². The van der Waals surface area contributed by atoms with Crippen LogP contribution in [0.2, 0.25) is 0 Å². The van der Waals surface area contributed by atoms with Gasteiger partial charge in [-0.25, -0.2) is 6.57 Å². The molecule has 0 spiro atoms. The van der Waals surface area contributed by atoms with E-state index in [1.807, 2.05) is 0 Å². The van der Waals surface area contributed by atoms with E-state index in [-0.39, 0.29) is 18.2 Å². The van der Waals surface area contributed by atoms with Crippen LogP contribution in [0.1, 0.15) is 13.8 Å². The molecule has 0 bridgehead atoms. The third-order valence-electron chi connectivity index (χ3n) is 1.35. The van der Waals surface area contributed by atoms with Crippen LogP contribution in [-0.2, 0) is 4.79 Å². The summed E-state index contributed by atoms with van der Waals surface area (Å²) in [7, 11) is 0. The van der Waals surface area contributed by atoms with Gasteiger partial charge in [-0.15, -0.1) is 11.6 Å². The molecule has 0 amide bonds. The second kappa shape index (κ2) is 3.58. The van der Waals surface area contributed by atoms with Gasteiger partial charge in [0.15, 0.2) is 5.78 Å². The molecule has 0 aliphatic carbocycles. The van der Waals surface area contributed by atoms with Gasteiger partial charge in [0.25, 0.3) is 0 Å². The van der Waals surface area contributed by atoms with Gasteiger partial charge in [0.05, 0.1) is 11.3 Å². The molecule has 0 rings (SSSR count). The van der Waals surface area contributed by atoms with Crippen molar-refractivity contribution in [1.82, 2.24) is 0 Å². The van der Waals surface area contributed by atoms with Crippen molar-refractivity contribution in [3.63, 3.8) is 0 Å². The molecule has 0 saturated carbocycles. The van der Waals surface area contributed by atoms with Gasteiger partial charge in [-0.2, -0.15) is 0 Å². The number of hydrogen-bond acceptors (Lipinski definition) is 1. The van der Waals surface area contributed by atoms with E-state index in [0.717, 1.165) is 0 Å². The van der Waals surface area contributed by atoms with E-state index in [2.05, 4.69) is 4.85 Å². The van der Waals surface area contributed by atoms with E-state index >= 15 is 0 Å². The molecule has 0 aromatic heterocycles. The number of halogens is 1. The summed E-state index contributed by atoms with van der Waals surface area (Å²) in [6.07, 6.45) is 0. The monoisotopic (exact) mass is 159 g/mol. The lowest BCUT2D eigenvalue weighted by molar-refractivity contribution is -0.123. The third-order valence-corrected chi connectivity index (χ3v) is 1.59. The molecule has 0 aromatic carbocycles. The van der Waals surface area contributed by atoms with Crippen LogP contribution >= 0.6 is 11.6 Å². The normalized spacial score (nSPS) is 10.6. The highest BCUT2D eigenvalue weighted by molar-refractivity contribution is 6.28. The van der Waals surface area contributed by atoms with Crippen molar-refractivity contribution in [2.45, 2.75) is 13.8 Å².